The molecule has 0 amide bonds. The normalized spacial score (nSPS) is 12.2. The number of aromatic nitrogens is 3. The summed E-state index contributed by atoms with van der Waals surface area (Å²) in [5.41, 5.74) is 4.30. The second-order valence-electron chi connectivity index (χ2n) is 9.79. The number of ether oxygens (including phenoxy) is 2. The van der Waals surface area contributed by atoms with E-state index in [1.807, 2.05) is 48.5 Å². The molecule has 1 atom stereocenters. The molecule has 0 saturated heterocycles. The van der Waals surface area contributed by atoms with Crippen molar-refractivity contribution in [1.82, 2.24) is 20.6 Å². The average Bonchev–Trinajstić information content (AvgIpc) is 3.51. The molecule has 14 heteroatoms. The van der Waals surface area contributed by atoms with Crippen LogP contribution in [0.3, 0.4) is 0 Å². The zero-order valence-corrected chi connectivity index (χ0v) is 25.7. The topological polar surface area (TPSA) is 174 Å². The van der Waals surface area contributed by atoms with Crippen LogP contribution in [-0.2, 0) is 34.4 Å². The Balaban J connectivity index is 1.48. The highest BCUT2D eigenvalue weighted by Crippen LogP contribution is 2.37. The van der Waals surface area contributed by atoms with Crippen molar-refractivity contribution < 1.29 is 37.5 Å². The van der Waals surface area contributed by atoms with Crippen LogP contribution in [-0.4, -0.2) is 58.8 Å². The highest BCUT2D eigenvalue weighted by molar-refractivity contribution is 9.10. The van der Waals surface area contributed by atoms with E-state index in [1.54, 1.807) is 6.07 Å². The van der Waals surface area contributed by atoms with E-state index in [4.69, 9.17) is 14.1 Å². The zero-order valence-electron chi connectivity index (χ0n) is 23.3. The lowest BCUT2D eigenvalue weighted by molar-refractivity contribution is -0.140. The van der Waals surface area contributed by atoms with E-state index in [-0.39, 0.29) is 47.2 Å². The first-order valence-electron chi connectivity index (χ1n) is 13.2. The average molecular weight is 684 g/mol. The molecule has 3 aromatic carbocycles. The second-order valence-corrected chi connectivity index (χ2v) is 12.6. The predicted molar refractivity (Wildman–Crippen MR) is 163 cm³/mol. The molecule has 1 unspecified atom stereocenters. The van der Waals surface area contributed by atoms with Crippen LogP contribution >= 0.6 is 15.9 Å². The third-order valence-corrected chi connectivity index (χ3v) is 8.73. The van der Waals surface area contributed by atoms with Crippen molar-refractivity contribution in [3.05, 3.63) is 94.2 Å². The summed E-state index contributed by atoms with van der Waals surface area (Å²) in [4.78, 5) is 15.6. The number of hydrogen-bond donors (Lipinski definition) is 3. The summed E-state index contributed by atoms with van der Waals surface area (Å²) in [6.45, 7) is -0.656. The molecule has 0 bridgehead atoms. The lowest BCUT2D eigenvalue weighted by Gasteiger charge is -2.17. The first-order valence-corrected chi connectivity index (χ1v) is 15.9. The van der Waals surface area contributed by atoms with Gasteiger partial charge in [-0.05, 0) is 43.4 Å². The third-order valence-electron chi connectivity index (χ3n) is 6.71. The largest absolute Gasteiger partial charge is 0.488 e. The standard InChI is InChI=1S/C30H27BrN4O8S/c1-44(39,40)21-10-18(12-32-13-21)16-41-25-11-26(29-28(34-43-35-29)23(25)14-33-24(15-36)30(37)38)42-17-20-8-5-9-22(27(20)31)19-6-3-2-4-7-19/h2-13,24,33,36H,14-17H2,1H3,(H,37,38). The summed E-state index contributed by atoms with van der Waals surface area (Å²) in [6.07, 6.45) is 3.81. The Bertz CT molecular complexity index is 1900. The van der Waals surface area contributed by atoms with Crippen LogP contribution in [0.5, 0.6) is 11.5 Å². The SMILES string of the molecule is CS(=O)(=O)c1cncc(COc2cc(OCc3cccc(-c4ccccc4)c3Br)c3nonc3c2CNC(CO)C(=O)O)c1. The molecule has 2 heterocycles. The number of rotatable bonds is 13. The number of benzene rings is 3. The molecule has 0 radical (unpaired) electrons. The number of hydrogen-bond acceptors (Lipinski definition) is 11. The molecule has 0 saturated carbocycles. The molecular weight excluding hydrogens is 656 g/mol. The number of nitrogens with zero attached hydrogens (tertiary/aromatic N) is 3. The van der Waals surface area contributed by atoms with Crippen molar-refractivity contribution in [3.8, 4) is 22.6 Å². The van der Waals surface area contributed by atoms with E-state index < -0.39 is 28.5 Å². The number of nitrogens with one attached hydrogen (secondary N) is 1. The van der Waals surface area contributed by atoms with Crippen LogP contribution in [0.15, 0.2) is 87.1 Å². The van der Waals surface area contributed by atoms with Crippen molar-refractivity contribution in [2.45, 2.75) is 30.7 Å². The highest BCUT2D eigenvalue weighted by Gasteiger charge is 2.23. The maximum atomic E-state index is 12.0. The summed E-state index contributed by atoms with van der Waals surface area (Å²) in [6, 6.07) is 17.5. The van der Waals surface area contributed by atoms with Crippen molar-refractivity contribution in [2.75, 3.05) is 12.9 Å². The Labute approximate surface area is 260 Å². The molecule has 5 rings (SSSR count). The summed E-state index contributed by atoms with van der Waals surface area (Å²) in [5.74, 6) is -0.701. The van der Waals surface area contributed by atoms with Gasteiger partial charge in [-0.25, -0.2) is 13.0 Å². The number of carboxylic acids is 1. The van der Waals surface area contributed by atoms with Crippen molar-refractivity contribution in [1.29, 1.82) is 0 Å². The van der Waals surface area contributed by atoms with E-state index in [1.165, 1.54) is 18.5 Å². The quantitative estimate of drug-likeness (QED) is 0.162. The smallest absolute Gasteiger partial charge is 0.323 e. The molecule has 0 aliphatic heterocycles. The summed E-state index contributed by atoms with van der Waals surface area (Å²) >= 11 is 3.71. The molecule has 44 heavy (non-hydrogen) atoms. The fourth-order valence-electron chi connectivity index (χ4n) is 4.40. The number of sulfone groups is 1. The number of carboxylic acid groups (broad SMARTS) is 1. The van der Waals surface area contributed by atoms with E-state index >= 15 is 0 Å². The van der Waals surface area contributed by atoms with Crippen molar-refractivity contribution in [3.63, 3.8) is 0 Å². The Morgan fingerprint density at radius 2 is 1.75 bits per heavy atom. The predicted octanol–water partition coefficient (Wildman–Crippen LogP) is 4.14. The number of halogens is 1. The Kier molecular flexibility index (Phi) is 9.54. The third kappa shape index (κ3) is 7.05. The van der Waals surface area contributed by atoms with E-state index in [0.717, 1.165) is 27.4 Å². The fraction of sp³-hybridized carbons (Fsp3) is 0.200. The maximum Gasteiger partial charge on any atom is 0.323 e. The number of aliphatic carboxylic acids is 1. The van der Waals surface area contributed by atoms with Crippen LogP contribution in [0.1, 0.15) is 16.7 Å². The van der Waals surface area contributed by atoms with Gasteiger partial charge in [-0.1, -0.05) is 48.5 Å². The monoisotopic (exact) mass is 682 g/mol. The van der Waals surface area contributed by atoms with Crippen LogP contribution in [0.4, 0.5) is 0 Å². The van der Waals surface area contributed by atoms with Crippen LogP contribution in [0.2, 0.25) is 0 Å². The maximum absolute atomic E-state index is 12.0. The van der Waals surface area contributed by atoms with Gasteiger partial charge in [0.05, 0.1) is 11.5 Å². The second kappa shape index (κ2) is 13.5. The lowest BCUT2D eigenvalue weighted by atomic mass is 10.0. The Morgan fingerprint density at radius 3 is 2.48 bits per heavy atom. The number of fused-ring (bicyclic) bond motifs is 1. The molecule has 12 nitrogen and oxygen atoms in total. The summed E-state index contributed by atoms with van der Waals surface area (Å²) in [7, 11) is -3.49. The molecule has 5 aromatic rings. The molecule has 0 spiro atoms. The van der Waals surface area contributed by atoms with Gasteiger partial charge in [-0.2, -0.15) is 0 Å². The Morgan fingerprint density at radius 1 is 1.00 bits per heavy atom. The van der Waals surface area contributed by atoms with E-state index in [9.17, 15) is 23.4 Å². The lowest BCUT2D eigenvalue weighted by Crippen LogP contribution is -2.39. The molecular formula is C30H27BrN4O8S. The summed E-state index contributed by atoms with van der Waals surface area (Å²) in [5, 5.41) is 29.7. The fourth-order valence-corrected chi connectivity index (χ4v) is 5.62. The minimum absolute atomic E-state index is 0.0382. The van der Waals surface area contributed by atoms with Crippen LogP contribution in [0, 0.1) is 0 Å². The molecule has 3 N–H and O–H groups in total. The molecule has 228 valence electrons. The van der Waals surface area contributed by atoms with Gasteiger partial charge in [-0.3, -0.25) is 15.1 Å². The number of aliphatic hydroxyl groups is 1. The van der Waals surface area contributed by atoms with Gasteiger partial charge < -0.3 is 19.7 Å². The van der Waals surface area contributed by atoms with Gasteiger partial charge in [0.25, 0.3) is 0 Å². The van der Waals surface area contributed by atoms with Gasteiger partial charge in [0, 0.05) is 52.4 Å². The van der Waals surface area contributed by atoms with Gasteiger partial charge in [0.15, 0.2) is 21.1 Å². The van der Waals surface area contributed by atoms with Gasteiger partial charge in [0.2, 0.25) is 0 Å². The van der Waals surface area contributed by atoms with Gasteiger partial charge >= 0.3 is 5.97 Å². The molecule has 2 aromatic heterocycles. The van der Waals surface area contributed by atoms with Crippen molar-refractivity contribution >= 4 is 42.8 Å². The minimum atomic E-state index is -3.49. The van der Waals surface area contributed by atoms with E-state index in [2.05, 4.69) is 36.5 Å². The van der Waals surface area contributed by atoms with Crippen molar-refractivity contribution in [2.24, 2.45) is 0 Å². The van der Waals surface area contributed by atoms with Crippen LogP contribution < -0.4 is 14.8 Å². The van der Waals surface area contributed by atoms with Crippen LogP contribution in [0.25, 0.3) is 22.2 Å². The van der Waals surface area contributed by atoms with E-state index in [0.29, 0.717) is 11.1 Å². The molecule has 0 fully saturated rings. The minimum Gasteiger partial charge on any atom is -0.488 e. The van der Waals surface area contributed by atoms with Gasteiger partial charge in [0.1, 0.15) is 30.5 Å². The zero-order chi connectivity index (χ0) is 31.3. The number of carbonyl (C=O) groups is 1. The molecule has 0 aliphatic rings. The number of pyridine rings is 1. The van der Waals surface area contributed by atoms with Gasteiger partial charge in [-0.15, -0.1) is 0 Å². The Hall–Kier alpha value is -4.37. The highest BCUT2D eigenvalue weighted by atomic mass is 79.9. The first kappa shape index (κ1) is 31.1. The first-order chi connectivity index (χ1) is 21.2. The molecule has 0 aliphatic carbocycles. The summed E-state index contributed by atoms with van der Waals surface area (Å²) < 4.78 is 42.3. The number of aliphatic hydroxyl groups excluding tert-OH is 1.